The van der Waals surface area contributed by atoms with E-state index in [-0.39, 0.29) is 17.4 Å². The number of nitrogens with zero attached hydrogens (tertiary/aromatic N) is 2. The number of halogens is 1. The molecule has 170 valence electrons. The zero-order valence-electron chi connectivity index (χ0n) is 18.3. The highest BCUT2D eigenvalue weighted by molar-refractivity contribution is 9.09. The number of carbonyl (C=O) groups excluding carboxylic acids is 2. The first-order valence-corrected chi connectivity index (χ1v) is 11.5. The second kappa shape index (κ2) is 12.8. The van der Waals surface area contributed by atoms with E-state index >= 15 is 0 Å². The number of aromatic nitrogens is 1. The number of hydrogen-bond acceptors (Lipinski definition) is 5. The van der Waals surface area contributed by atoms with E-state index in [1.807, 2.05) is 43.3 Å². The Morgan fingerprint density at radius 3 is 2.41 bits per heavy atom. The number of Topliss-reactive ketones (excluding diaryl/α,β-unsaturated/α-hetero) is 1. The lowest BCUT2D eigenvalue weighted by molar-refractivity contribution is -0.384. The molecule has 0 aliphatic rings. The number of rotatable bonds is 9. The van der Waals surface area contributed by atoms with Crippen molar-refractivity contribution in [1.29, 1.82) is 0 Å². The van der Waals surface area contributed by atoms with Crippen molar-refractivity contribution in [3.8, 4) is 11.3 Å². The summed E-state index contributed by atoms with van der Waals surface area (Å²) in [5.74, 6) is 0.0183. The molecule has 3 aromatic rings. The monoisotopic (exact) mass is 502 g/mol. The van der Waals surface area contributed by atoms with Crippen LogP contribution < -0.4 is 0 Å². The van der Waals surface area contributed by atoms with Crippen LogP contribution >= 0.6 is 15.9 Å². The fourth-order valence-electron chi connectivity index (χ4n) is 3.17. The molecule has 0 saturated carbocycles. The number of nitro groups is 1. The number of hydrogen-bond donors (Lipinski definition) is 0. The first-order chi connectivity index (χ1) is 15.4. The van der Waals surface area contributed by atoms with Gasteiger partial charge in [0.2, 0.25) is 0 Å². The lowest BCUT2D eigenvalue weighted by Gasteiger charge is -2.10. The molecule has 0 bridgehead atoms. The third-order valence-corrected chi connectivity index (χ3v) is 5.23. The van der Waals surface area contributed by atoms with E-state index in [4.69, 9.17) is 0 Å². The van der Waals surface area contributed by atoms with E-state index in [1.54, 1.807) is 19.1 Å². The molecule has 2 aromatic carbocycles. The molecule has 3 rings (SSSR count). The predicted molar refractivity (Wildman–Crippen MR) is 129 cm³/mol. The summed E-state index contributed by atoms with van der Waals surface area (Å²) in [5, 5.41) is 12.6. The molecule has 0 atom stereocenters. The first-order valence-electron chi connectivity index (χ1n) is 10.4. The summed E-state index contributed by atoms with van der Waals surface area (Å²) in [5.41, 5.74) is 2.95. The fourth-order valence-corrected chi connectivity index (χ4v) is 3.45. The highest BCUT2D eigenvalue weighted by atomic mass is 79.9. The number of aryl methyl sites for hydroxylation is 1. The summed E-state index contributed by atoms with van der Waals surface area (Å²) in [6, 6.07) is 16.6. The van der Waals surface area contributed by atoms with E-state index in [1.165, 1.54) is 6.07 Å². The number of fused-ring (bicyclic) bond motifs is 1. The van der Waals surface area contributed by atoms with Gasteiger partial charge in [-0.3, -0.25) is 19.7 Å². The zero-order valence-corrected chi connectivity index (χ0v) is 19.8. The first kappa shape index (κ1) is 25.3. The van der Waals surface area contributed by atoms with Crippen LogP contribution in [0.15, 0.2) is 54.6 Å². The number of esters is 1. The number of ether oxygens (including phenoxy) is 1. The average Bonchev–Trinajstić information content (AvgIpc) is 3.15. The molecule has 1 heterocycles. The Balaban J connectivity index is 0.000000344. The summed E-state index contributed by atoms with van der Waals surface area (Å²) in [4.78, 5) is 32.5. The second-order valence-corrected chi connectivity index (χ2v) is 7.89. The topological polar surface area (TPSA) is 91.4 Å². The van der Waals surface area contributed by atoms with Gasteiger partial charge in [0.05, 0.1) is 11.5 Å². The largest absolute Gasteiger partial charge is 0.466 e. The number of carbonyl (C=O) groups is 2. The van der Waals surface area contributed by atoms with Crippen molar-refractivity contribution in [2.24, 2.45) is 0 Å². The summed E-state index contributed by atoms with van der Waals surface area (Å²) < 4.78 is 6.74. The Morgan fingerprint density at radius 2 is 1.81 bits per heavy atom. The van der Waals surface area contributed by atoms with Gasteiger partial charge in [-0.05, 0) is 38.0 Å². The second-order valence-electron chi connectivity index (χ2n) is 7.10. The number of nitro benzene ring substituents is 1. The number of non-ortho nitro benzene ring substituents is 1. The van der Waals surface area contributed by atoms with Crippen LogP contribution in [0, 0.1) is 10.1 Å². The van der Waals surface area contributed by atoms with Crippen LogP contribution in [0.5, 0.6) is 0 Å². The number of alkyl halides is 1. The molecule has 32 heavy (non-hydrogen) atoms. The Hall–Kier alpha value is -3.00. The van der Waals surface area contributed by atoms with E-state index in [2.05, 4.69) is 25.2 Å². The van der Waals surface area contributed by atoms with Crippen LogP contribution in [-0.4, -0.2) is 33.2 Å². The van der Waals surface area contributed by atoms with Gasteiger partial charge in [-0.1, -0.05) is 46.3 Å². The van der Waals surface area contributed by atoms with Gasteiger partial charge in [-0.2, -0.15) is 0 Å². The van der Waals surface area contributed by atoms with Crippen molar-refractivity contribution in [2.45, 2.75) is 39.7 Å². The summed E-state index contributed by atoms with van der Waals surface area (Å²) >= 11 is 3.22. The van der Waals surface area contributed by atoms with Crippen molar-refractivity contribution in [2.75, 3.05) is 11.9 Å². The van der Waals surface area contributed by atoms with Gasteiger partial charge in [0.25, 0.3) is 5.69 Å². The molecule has 7 nitrogen and oxygen atoms in total. The lowest BCUT2D eigenvalue weighted by Crippen LogP contribution is -2.04. The van der Waals surface area contributed by atoms with E-state index in [9.17, 15) is 19.7 Å². The molecule has 0 spiro atoms. The number of ketones is 1. The third kappa shape index (κ3) is 7.30. The van der Waals surface area contributed by atoms with Crippen LogP contribution in [-0.2, 0) is 20.9 Å². The Labute approximate surface area is 195 Å². The maximum atomic E-state index is 11.4. The van der Waals surface area contributed by atoms with Gasteiger partial charge in [0.1, 0.15) is 5.78 Å². The molecule has 0 unspecified atom stereocenters. The van der Waals surface area contributed by atoms with Crippen molar-refractivity contribution in [3.05, 3.63) is 64.7 Å². The quantitative estimate of drug-likeness (QED) is 0.156. The highest BCUT2D eigenvalue weighted by Gasteiger charge is 2.14. The molecule has 8 heteroatoms. The number of benzene rings is 2. The van der Waals surface area contributed by atoms with Crippen molar-refractivity contribution in [3.63, 3.8) is 0 Å². The minimum absolute atomic E-state index is 0.0702. The minimum Gasteiger partial charge on any atom is -0.466 e. The van der Waals surface area contributed by atoms with Gasteiger partial charge >= 0.3 is 5.97 Å². The lowest BCUT2D eigenvalue weighted by atomic mass is 10.1. The molecule has 0 N–H and O–H groups in total. The molecule has 0 radical (unpaired) electrons. The molecular weight excluding hydrogens is 476 g/mol. The maximum Gasteiger partial charge on any atom is 0.305 e. The van der Waals surface area contributed by atoms with Crippen molar-refractivity contribution < 1.29 is 19.2 Å². The zero-order chi connectivity index (χ0) is 23.5. The SMILES string of the molecule is CC(=O)CCn1c(-c2ccccc2)cc2cc([N+](=O)[O-])ccc21.CCOC(=O)CCCBr. The average molecular weight is 503 g/mol. The maximum absolute atomic E-state index is 11.4. The van der Waals surface area contributed by atoms with Gasteiger partial charge in [0, 0.05) is 53.4 Å². The molecule has 0 saturated heterocycles. The van der Waals surface area contributed by atoms with Crippen LogP contribution in [0.4, 0.5) is 5.69 Å². The van der Waals surface area contributed by atoms with Crippen LogP contribution in [0.2, 0.25) is 0 Å². The highest BCUT2D eigenvalue weighted by Crippen LogP contribution is 2.30. The van der Waals surface area contributed by atoms with Gasteiger partial charge in [-0.15, -0.1) is 0 Å². The molecule has 0 fully saturated rings. The van der Waals surface area contributed by atoms with Crippen molar-refractivity contribution >= 4 is 44.3 Å². The normalized spacial score (nSPS) is 10.3. The molecular formula is C24H27BrN2O5. The van der Waals surface area contributed by atoms with Crippen LogP contribution in [0.3, 0.4) is 0 Å². The van der Waals surface area contributed by atoms with Crippen molar-refractivity contribution in [1.82, 2.24) is 4.57 Å². The summed E-state index contributed by atoms with van der Waals surface area (Å²) in [7, 11) is 0. The third-order valence-electron chi connectivity index (χ3n) is 4.67. The summed E-state index contributed by atoms with van der Waals surface area (Å²) in [6.07, 6.45) is 1.82. The standard InChI is InChI=1S/C18H16N2O3.C6H11BrO2/c1-13(21)9-10-19-17-8-7-16(20(22)23)11-15(17)12-18(19)14-5-3-2-4-6-14;1-2-9-6(8)4-3-5-7/h2-8,11-12H,9-10H2,1H3;2-5H2,1H3. The molecule has 1 aromatic heterocycles. The molecule has 0 aliphatic heterocycles. The molecule has 0 aliphatic carbocycles. The van der Waals surface area contributed by atoms with Gasteiger partial charge in [0.15, 0.2) is 0 Å². The fraction of sp³-hybridized carbons (Fsp3) is 0.333. The Morgan fingerprint density at radius 1 is 1.09 bits per heavy atom. The van der Waals surface area contributed by atoms with E-state index in [0.717, 1.165) is 33.9 Å². The van der Waals surface area contributed by atoms with Crippen LogP contribution in [0.1, 0.15) is 33.1 Å². The van der Waals surface area contributed by atoms with Gasteiger partial charge < -0.3 is 9.30 Å². The Bertz CT molecular complexity index is 1060. The van der Waals surface area contributed by atoms with Crippen LogP contribution in [0.25, 0.3) is 22.2 Å². The molecule has 0 amide bonds. The Kier molecular flexibility index (Phi) is 10.1. The van der Waals surface area contributed by atoms with E-state index in [0.29, 0.717) is 26.0 Å². The predicted octanol–water partition coefficient (Wildman–Crippen LogP) is 5.92. The van der Waals surface area contributed by atoms with Gasteiger partial charge in [-0.25, -0.2) is 0 Å². The van der Waals surface area contributed by atoms with E-state index < -0.39 is 4.92 Å². The summed E-state index contributed by atoms with van der Waals surface area (Å²) in [6.45, 7) is 4.42. The smallest absolute Gasteiger partial charge is 0.305 e. The minimum atomic E-state index is -0.394.